The number of carbonyl (C=O) groups excluding carboxylic acids is 2. The lowest BCUT2D eigenvalue weighted by Gasteiger charge is -1.92. The molecule has 0 fully saturated rings. The predicted molar refractivity (Wildman–Crippen MR) is 48.7 cm³/mol. The molecule has 0 aliphatic carbocycles. The van der Waals surface area contributed by atoms with E-state index in [4.69, 9.17) is 11.6 Å². The SMILES string of the molecule is O=C(Cl)CCC(=O)c1cccs1. The zero-order valence-corrected chi connectivity index (χ0v) is 7.82. The monoisotopic (exact) mass is 202 g/mol. The largest absolute Gasteiger partial charge is 0.293 e. The zero-order valence-electron chi connectivity index (χ0n) is 6.25. The number of rotatable bonds is 4. The molecule has 0 amide bonds. The van der Waals surface area contributed by atoms with Crippen LogP contribution in [0.4, 0.5) is 0 Å². The summed E-state index contributed by atoms with van der Waals surface area (Å²) in [6.45, 7) is 0. The van der Waals surface area contributed by atoms with E-state index in [-0.39, 0.29) is 18.6 Å². The maximum Gasteiger partial charge on any atom is 0.222 e. The van der Waals surface area contributed by atoms with E-state index in [1.165, 1.54) is 11.3 Å². The molecular formula is C8H7ClO2S. The number of thiophene rings is 1. The Balaban J connectivity index is 2.45. The molecule has 2 nitrogen and oxygen atoms in total. The third-order valence-corrected chi connectivity index (χ3v) is 2.44. The van der Waals surface area contributed by atoms with Gasteiger partial charge in [0.25, 0.3) is 0 Å². The summed E-state index contributed by atoms with van der Waals surface area (Å²) in [6, 6.07) is 3.55. The molecular weight excluding hydrogens is 196 g/mol. The van der Waals surface area contributed by atoms with Crippen molar-refractivity contribution in [1.82, 2.24) is 0 Å². The van der Waals surface area contributed by atoms with E-state index in [0.717, 1.165) is 0 Å². The topological polar surface area (TPSA) is 34.1 Å². The van der Waals surface area contributed by atoms with Gasteiger partial charge in [-0.1, -0.05) is 6.07 Å². The van der Waals surface area contributed by atoms with Crippen LogP contribution >= 0.6 is 22.9 Å². The Morgan fingerprint density at radius 2 is 2.17 bits per heavy atom. The molecule has 0 N–H and O–H groups in total. The highest BCUT2D eigenvalue weighted by molar-refractivity contribution is 7.12. The fourth-order valence-corrected chi connectivity index (χ4v) is 1.56. The molecule has 1 aromatic heterocycles. The van der Waals surface area contributed by atoms with Crippen molar-refractivity contribution in [2.24, 2.45) is 0 Å². The summed E-state index contributed by atoms with van der Waals surface area (Å²) < 4.78 is 0. The van der Waals surface area contributed by atoms with Crippen molar-refractivity contribution in [2.45, 2.75) is 12.8 Å². The van der Waals surface area contributed by atoms with E-state index in [1.54, 1.807) is 12.1 Å². The van der Waals surface area contributed by atoms with Gasteiger partial charge in [-0.3, -0.25) is 9.59 Å². The van der Waals surface area contributed by atoms with Crippen molar-refractivity contribution in [3.8, 4) is 0 Å². The van der Waals surface area contributed by atoms with Crippen LogP contribution in [0.1, 0.15) is 22.5 Å². The van der Waals surface area contributed by atoms with Gasteiger partial charge in [-0.2, -0.15) is 0 Å². The van der Waals surface area contributed by atoms with Crippen LogP contribution in [0.5, 0.6) is 0 Å². The second-order valence-corrected chi connectivity index (χ2v) is 3.62. The van der Waals surface area contributed by atoms with Crippen LogP contribution in [0.2, 0.25) is 0 Å². The number of ketones is 1. The molecule has 0 saturated heterocycles. The van der Waals surface area contributed by atoms with E-state index < -0.39 is 5.24 Å². The summed E-state index contributed by atoms with van der Waals surface area (Å²) in [4.78, 5) is 22.2. The molecule has 0 spiro atoms. The average molecular weight is 203 g/mol. The number of carbonyl (C=O) groups is 2. The third-order valence-electron chi connectivity index (χ3n) is 1.34. The lowest BCUT2D eigenvalue weighted by atomic mass is 10.2. The normalized spacial score (nSPS) is 9.75. The number of hydrogen-bond donors (Lipinski definition) is 0. The second-order valence-electron chi connectivity index (χ2n) is 2.26. The predicted octanol–water partition coefficient (Wildman–Crippen LogP) is 2.48. The fraction of sp³-hybridized carbons (Fsp3) is 0.250. The zero-order chi connectivity index (χ0) is 8.97. The van der Waals surface area contributed by atoms with Crippen molar-refractivity contribution in [3.63, 3.8) is 0 Å². The molecule has 64 valence electrons. The van der Waals surface area contributed by atoms with Gasteiger partial charge in [0.1, 0.15) is 0 Å². The number of hydrogen-bond acceptors (Lipinski definition) is 3. The van der Waals surface area contributed by atoms with Gasteiger partial charge in [-0.25, -0.2) is 0 Å². The maximum absolute atomic E-state index is 11.2. The Morgan fingerprint density at radius 1 is 1.42 bits per heavy atom. The van der Waals surface area contributed by atoms with Crippen LogP contribution in [0.3, 0.4) is 0 Å². The number of halogens is 1. The molecule has 0 aliphatic heterocycles. The van der Waals surface area contributed by atoms with Gasteiger partial charge in [-0.15, -0.1) is 11.3 Å². The van der Waals surface area contributed by atoms with Crippen molar-refractivity contribution >= 4 is 34.0 Å². The summed E-state index contributed by atoms with van der Waals surface area (Å²) >= 11 is 6.47. The van der Waals surface area contributed by atoms with E-state index in [9.17, 15) is 9.59 Å². The van der Waals surface area contributed by atoms with E-state index >= 15 is 0 Å². The molecule has 4 heteroatoms. The minimum atomic E-state index is -0.458. The first kappa shape index (κ1) is 9.42. The Labute approximate surface area is 79.2 Å². The molecule has 1 heterocycles. The van der Waals surface area contributed by atoms with Crippen molar-refractivity contribution < 1.29 is 9.59 Å². The van der Waals surface area contributed by atoms with Crippen LogP contribution in [0, 0.1) is 0 Å². The van der Waals surface area contributed by atoms with Crippen molar-refractivity contribution in [3.05, 3.63) is 22.4 Å². The lowest BCUT2D eigenvalue weighted by molar-refractivity contribution is -0.111. The van der Waals surface area contributed by atoms with Crippen molar-refractivity contribution in [1.29, 1.82) is 0 Å². The molecule has 0 radical (unpaired) electrons. The minimum Gasteiger partial charge on any atom is -0.293 e. The van der Waals surface area contributed by atoms with Gasteiger partial charge in [0.05, 0.1) is 4.88 Å². The Bertz CT molecular complexity index is 279. The lowest BCUT2D eigenvalue weighted by Crippen LogP contribution is -1.98. The Kier molecular flexibility index (Phi) is 3.44. The van der Waals surface area contributed by atoms with E-state index in [2.05, 4.69) is 0 Å². The van der Waals surface area contributed by atoms with Gasteiger partial charge < -0.3 is 0 Å². The highest BCUT2D eigenvalue weighted by Gasteiger charge is 2.07. The van der Waals surface area contributed by atoms with Crippen molar-refractivity contribution in [2.75, 3.05) is 0 Å². The highest BCUT2D eigenvalue weighted by Crippen LogP contribution is 2.12. The molecule has 0 bridgehead atoms. The van der Waals surface area contributed by atoms with Crippen LogP contribution in [-0.4, -0.2) is 11.0 Å². The summed E-state index contributed by atoms with van der Waals surface area (Å²) in [5, 5.41) is 1.37. The maximum atomic E-state index is 11.2. The van der Waals surface area contributed by atoms with Gasteiger partial charge in [0, 0.05) is 12.8 Å². The highest BCUT2D eigenvalue weighted by atomic mass is 35.5. The molecule has 0 unspecified atom stereocenters. The third kappa shape index (κ3) is 2.75. The van der Waals surface area contributed by atoms with Crippen LogP contribution in [0.15, 0.2) is 17.5 Å². The van der Waals surface area contributed by atoms with Gasteiger partial charge in [-0.05, 0) is 23.0 Å². The quantitative estimate of drug-likeness (QED) is 0.555. The minimum absolute atomic E-state index is 0.0148. The van der Waals surface area contributed by atoms with Gasteiger partial charge in [0.15, 0.2) is 5.78 Å². The van der Waals surface area contributed by atoms with Crippen LogP contribution in [-0.2, 0) is 4.79 Å². The summed E-state index contributed by atoms with van der Waals surface area (Å²) in [6.07, 6.45) is 0.334. The Hall–Kier alpha value is -0.670. The first-order valence-electron chi connectivity index (χ1n) is 3.45. The summed E-state index contributed by atoms with van der Waals surface area (Å²) in [5.74, 6) is -0.0148. The molecule has 1 aromatic rings. The molecule has 0 atom stereocenters. The molecule has 12 heavy (non-hydrogen) atoms. The molecule has 0 aromatic carbocycles. The molecule has 0 aliphatic rings. The van der Waals surface area contributed by atoms with Gasteiger partial charge >= 0.3 is 0 Å². The van der Waals surface area contributed by atoms with Crippen LogP contribution < -0.4 is 0 Å². The summed E-state index contributed by atoms with van der Waals surface area (Å²) in [5.41, 5.74) is 0. The Morgan fingerprint density at radius 3 is 2.67 bits per heavy atom. The van der Waals surface area contributed by atoms with E-state index in [0.29, 0.717) is 4.88 Å². The average Bonchev–Trinajstić information content (AvgIpc) is 2.51. The first-order chi connectivity index (χ1) is 5.70. The number of Topliss-reactive ketones (excluding diaryl/α,β-unsaturated/α-hetero) is 1. The van der Waals surface area contributed by atoms with E-state index in [1.807, 2.05) is 5.38 Å². The first-order valence-corrected chi connectivity index (χ1v) is 4.71. The van der Waals surface area contributed by atoms with Gasteiger partial charge in [0.2, 0.25) is 5.24 Å². The molecule has 1 rings (SSSR count). The summed E-state index contributed by atoms with van der Waals surface area (Å²) in [7, 11) is 0. The van der Waals surface area contributed by atoms with Crippen LogP contribution in [0.25, 0.3) is 0 Å². The standard InChI is InChI=1S/C8H7ClO2S/c9-8(11)4-3-6(10)7-2-1-5-12-7/h1-2,5H,3-4H2. The smallest absolute Gasteiger partial charge is 0.222 e. The fourth-order valence-electron chi connectivity index (χ4n) is 0.772. The second kappa shape index (κ2) is 4.38. The molecule has 0 saturated carbocycles.